The van der Waals surface area contributed by atoms with Crippen molar-refractivity contribution in [2.75, 3.05) is 33.8 Å². The predicted molar refractivity (Wildman–Crippen MR) is 57.5 cm³/mol. The van der Waals surface area contributed by atoms with E-state index in [0.717, 1.165) is 12.6 Å². The van der Waals surface area contributed by atoms with Crippen LogP contribution >= 0.6 is 0 Å². The molecule has 1 aliphatic carbocycles. The average Bonchev–Trinajstić information content (AvgIpc) is 3.03. The second-order valence-electron chi connectivity index (χ2n) is 4.68. The number of nitrogens with zero attached hydrogens (tertiary/aromatic N) is 1. The van der Waals surface area contributed by atoms with Gasteiger partial charge in [-0.1, -0.05) is 0 Å². The third-order valence-corrected chi connectivity index (χ3v) is 3.70. The molecule has 0 spiro atoms. The van der Waals surface area contributed by atoms with E-state index in [9.17, 15) is 0 Å². The Morgan fingerprint density at radius 1 is 1.36 bits per heavy atom. The SMILES string of the molecule is CNCC1(OC)CCN(C2CC2)CC1. The van der Waals surface area contributed by atoms with Gasteiger partial charge in [-0.2, -0.15) is 0 Å². The number of piperidine rings is 1. The van der Waals surface area contributed by atoms with Crippen molar-refractivity contribution in [2.24, 2.45) is 0 Å². The number of nitrogens with one attached hydrogen (secondary N) is 1. The third kappa shape index (κ3) is 2.10. The van der Waals surface area contributed by atoms with Gasteiger partial charge in [-0.3, -0.25) is 0 Å². The number of ether oxygens (including phenoxy) is 1. The van der Waals surface area contributed by atoms with Gasteiger partial charge in [0.2, 0.25) is 0 Å². The summed E-state index contributed by atoms with van der Waals surface area (Å²) in [5, 5.41) is 3.25. The van der Waals surface area contributed by atoms with Crippen LogP contribution in [0.5, 0.6) is 0 Å². The zero-order valence-corrected chi connectivity index (χ0v) is 9.38. The first kappa shape index (κ1) is 10.4. The summed E-state index contributed by atoms with van der Waals surface area (Å²) in [6.07, 6.45) is 5.21. The van der Waals surface area contributed by atoms with Crippen LogP contribution in [0.15, 0.2) is 0 Å². The van der Waals surface area contributed by atoms with Crippen molar-refractivity contribution >= 4 is 0 Å². The molecule has 0 amide bonds. The van der Waals surface area contributed by atoms with Crippen LogP contribution in [0.3, 0.4) is 0 Å². The van der Waals surface area contributed by atoms with Crippen molar-refractivity contribution in [3.63, 3.8) is 0 Å². The van der Waals surface area contributed by atoms with E-state index < -0.39 is 0 Å². The summed E-state index contributed by atoms with van der Waals surface area (Å²) in [4.78, 5) is 2.63. The molecule has 1 saturated carbocycles. The standard InChI is InChI=1S/C11H22N2O/c1-12-9-11(14-2)5-7-13(8-6-11)10-3-4-10/h10,12H,3-9H2,1-2H3. The zero-order valence-electron chi connectivity index (χ0n) is 9.38. The van der Waals surface area contributed by atoms with Gasteiger partial charge in [0.05, 0.1) is 5.60 Å². The van der Waals surface area contributed by atoms with E-state index in [1.54, 1.807) is 0 Å². The fraction of sp³-hybridized carbons (Fsp3) is 1.00. The lowest BCUT2D eigenvalue weighted by molar-refractivity contribution is -0.0555. The second kappa shape index (κ2) is 4.17. The number of rotatable bonds is 4. The normalized spacial score (nSPS) is 27.9. The summed E-state index contributed by atoms with van der Waals surface area (Å²) in [5.74, 6) is 0. The number of hydrogen-bond acceptors (Lipinski definition) is 3. The van der Waals surface area contributed by atoms with E-state index >= 15 is 0 Å². The smallest absolute Gasteiger partial charge is 0.0826 e. The Morgan fingerprint density at radius 2 is 2.00 bits per heavy atom. The summed E-state index contributed by atoms with van der Waals surface area (Å²) >= 11 is 0. The molecule has 3 nitrogen and oxygen atoms in total. The molecule has 82 valence electrons. The van der Waals surface area contributed by atoms with Crippen molar-refractivity contribution in [1.82, 2.24) is 10.2 Å². The fourth-order valence-corrected chi connectivity index (χ4v) is 2.51. The van der Waals surface area contributed by atoms with Gasteiger partial charge in [0.25, 0.3) is 0 Å². The maximum absolute atomic E-state index is 5.68. The Balaban J connectivity index is 1.84. The molecule has 0 unspecified atom stereocenters. The van der Waals surface area contributed by atoms with Gasteiger partial charge in [0.1, 0.15) is 0 Å². The van der Waals surface area contributed by atoms with Gasteiger partial charge >= 0.3 is 0 Å². The molecule has 0 bridgehead atoms. The highest BCUT2D eigenvalue weighted by atomic mass is 16.5. The topological polar surface area (TPSA) is 24.5 Å². The van der Waals surface area contributed by atoms with Gasteiger partial charge in [-0.25, -0.2) is 0 Å². The Bertz CT molecular complexity index is 184. The highest BCUT2D eigenvalue weighted by Crippen LogP contribution is 2.33. The molecular weight excluding hydrogens is 176 g/mol. The quantitative estimate of drug-likeness (QED) is 0.725. The van der Waals surface area contributed by atoms with Crippen LogP contribution < -0.4 is 5.32 Å². The minimum atomic E-state index is 0.111. The third-order valence-electron chi connectivity index (χ3n) is 3.70. The van der Waals surface area contributed by atoms with E-state index in [2.05, 4.69) is 10.2 Å². The van der Waals surface area contributed by atoms with Crippen molar-refractivity contribution < 1.29 is 4.74 Å². The monoisotopic (exact) mass is 198 g/mol. The predicted octanol–water partition coefficient (Wildman–Crippen LogP) is 0.849. The minimum Gasteiger partial charge on any atom is -0.377 e. The Hall–Kier alpha value is -0.120. The van der Waals surface area contributed by atoms with Crippen molar-refractivity contribution in [3.05, 3.63) is 0 Å². The summed E-state index contributed by atoms with van der Waals surface area (Å²) < 4.78 is 5.68. The fourth-order valence-electron chi connectivity index (χ4n) is 2.51. The first-order valence-corrected chi connectivity index (χ1v) is 5.73. The van der Waals surface area contributed by atoms with Crippen LogP contribution in [0.4, 0.5) is 0 Å². The van der Waals surface area contributed by atoms with E-state index in [1.165, 1.54) is 38.8 Å². The lowest BCUT2D eigenvalue weighted by Gasteiger charge is -2.41. The molecule has 14 heavy (non-hydrogen) atoms. The lowest BCUT2D eigenvalue weighted by Crippen LogP contribution is -2.51. The molecular formula is C11H22N2O. The number of likely N-dealkylation sites (N-methyl/N-ethyl adjacent to an activating group) is 1. The van der Waals surface area contributed by atoms with Crippen LogP contribution in [-0.2, 0) is 4.74 Å². The van der Waals surface area contributed by atoms with Crippen LogP contribution in [0.2, 0.25) is 0 Å². The maximum atomic E-state index is 5.68. The molecule has 0 atom stereocenters. The molecule has 3 heteroatoms. The maximum Gasteiger partial charge on any atom is 0.0826 e. The van der Waals surface area contributed by atoms with Crippen molar-refractivity contribution in [2.45, 2.75) is 37.3 Å². The highest BCUT2D eigenvalue weighted by Gasteiger charge is 2.38. The highest BCUT2D eigenvalue weighted by molar-refractivity contribution is 4.94. The first-order chi connectivity index (χ1) is 6.79. The molecule has 1 N–H and O–H groups in total. The molecule has 0 aromatic rings. The van der Waals surface area contributed by atoms with Crippen LogP contribution in [0.25, 0.3) is 0 Å². The van der Waals surface area contributed by atoms with Crippen LogP contribution in [-0.4, -0.2) is 50.3 Å². The Kier molecular flexibility index (Phi) is 3.10. The van der Waals surface area contributed by atoms with E-state index in [4.69, 9.17) is 4.74 Å². The first-order valence-electron chi connectivity index (χ1n) is 5.73. The molecule has 0 radical (unpaired) electrons. The number of likely N-dealkylation sites (tertiary alicyclic amines) is 1. The summed E-state index contributed by atoms with van der Waals surface area (Å²) in [6.45, 7) is 3.43. The number of methoxy groups -OCH3 is 1. The van der Waals surface area contributed by atoms with Crippen LogP contribution in [0.1, 0.15) is 25.7 Å². The van der Waals surface area contributed by atoms with Crippen LogP contribution in [0, 0.1) is 0 Å². The molecule has 1 aliphatic heterocycles. The van der Waals surface area contributed by atoms with Gasteiger partial charge in [-0.05, 0) is 32.7 Å². The average molecular weight is 198 g/mol. The van der Waals surface area contributed by atoms with E-state index in [1.807, 2.05) is 14.2 Å². The van der Waals surface area contributed by atoms with Gasteiger partial charge in [0.15, 0.2) is 0 Å². The zero-order chi connectivity index (χ0) is 10.0. The summed E-state index contributed by atoms with van der Waals surface area (Å²) in [6, 6.07) is 0.916. The lowest BCUT2D eigenvalue weighted by atomic mass is 9.91. The second-order valence-corrected chi connectivity index (χ2v) is 4.68. The molecule has 1 saturated heterocycles. The largest absolute Gasteiger partial charge is 0.377 e. The van der Waals surface area contributed by atoms with Gasteiger partial charge < -0.3 is 15.0 Å². The minimum absolute atomic E-state index is 0.111. The Labute approximate surface area is 86.8 Å². The van der Waals surface area contributed by atoms with E-state index in [-0.39, 0.29) is 5.60 Å². The molecule has 1 heterocycles. The Morgan fingerprint density at radius 3 is 2.43 bits per heavy atom. The van der Waals surface area contributed by atoms with Gasteiger partial charge in [0, 0.05) is 32.8 Å². The van der Waals surface area contributed by atoms with E-state index in [0.29, 0.717) is 0 Å². The van der Waals surface area contributed by atoms with Crippen molar-refractivity contribution in [3.8, 4) is 0 Å². The van der Waals surface area contributed by atoms with Gasteiger partial charge in [-0.15, -0.1) is 0 Å². The van der Waals surface area contributed by atoms with Crippen molar-refractivity contribution in [1.29, 1.82) is 0 Å². The molecule has 0 aromatic heterocycles. The summed E-state index contributed by atoms with van der Waals surface area (Å²) in [7, 11) is 3.86. The molecule has 2 fully saturated rings. The molecule has 0 aromatic carbocycles. The summed E-state index contributed by atoms with van der Waals surface area (Å²) in [5.41, 5.74) is 0.111. The molecule has 2 aliphatic rings. The molecule has 2 rings (SSSR count). The number of hydrogen-bond donors (Lipinski definition) is 1.